The molecule has 10 heavy (non-hydrogen) atoms. The number of rotatable bonds is 1. The molecule has 0 bridgehead atoms. The van der Waals surface area contributed by atoms with Crippen LogP contribution in [0.3, 0.4) is 0 Å². The van der Waals surface area contributed by atoms with Crippen LogP contribution in [0.25, 0.3) is 0 Å². The first kappa shape index (κ1) is 7.22. The van der Waals surface area contributed by atoms with Crippen molar-refractivity contribution < 1.29 is 4.39 Å². The van der Waals surface area contributed by atoms with Gasteiger partial charge in [0.15, 0.2) is 0 Å². The summed E-state index contributed by atoms with van der Waals surface area (Å²) in [5, 5.41) is 0. The van der Waals surface area contributed by atoms with Crippen molar-refractivity contribution in [2.45, 2.75) is 13.5 Å². The van der Waals surface area contributed by atoms with E-state index in [1.807, 2.05) is 13.0 Å². The van der Waals surface area contributed by atoms with Crippen LogP contribution in [0.4, 0.5) is 4.39 Å². The highest BCUT2D eigenvalue weighted by atomic mass is 19.1. The van der Waals surface area contributed by atoms with Crippen LogP contribution in [0, 0.1) is 12.7 Å². The lowest BCUT2D eigenvalue weighted by atomic mass is 10.1. The van der Waals surface area contributed by atoms with Crippen LogP contribution < -0.4 is 5.73 Å². The molecule has 0 aliphatic rings. The average molecular weight is 139 g/mol. The van der Waals surface area contributed by atoms with Crippen molar-refractivity contribution >= 4 is 0 Å². The van der Waals surface area contributed by atoms with Gasteiger partial charge in [0, 0.05) is 12.1 Å². The Kier molecular flexibility index (Phi) is 2.02. The smallest absolute Gasteiger partial charge is 0.127 e. The molecule has 0 spiro atoms. The zero-order valence-corrected chi connectivity index (χ0v) is 5.89. The van der Waals surface area contributed by atoms with E-state index < -0.39 is 0 Å². The maximum absolute atomic E-state index is 12.8. The van der Waals surface area contributed by atoms with Gasteiger partial charge in [-0.3, -0.25) is 0 Å². The van der Waals surface area contributed by atoms with Gasteiger partial charge in [0.1, 0.15) is 5.82 Å². The molecule has 0 heterocycles. The Bertz CT molecular complexity index is 212. The molecule has 0 unspecified atom stereocenters. The van der Waals surface area contributed by atoms with Gasteiger partial charge in [-0.2, -0.15) is 0 Å². The Labute approximate surface area is 59.7 Å². The van der Waals surface area contributed by atoms with E-state index in [1.54, 1.807) is 6.07 Å². The lowest BCUT2D eigenvalue weighted by Crippen LogP contribution is -2.01. The molecule has 54 valence electrons. The Hall–Kier alpha value is -0.890. The number of hydrogen-bond donors (Lipinski definition) is 1. The summed E-state index contributed by atoms with van der Waals surface area (Å²) in [7, 11) is 0. The summed E-state index contributed by atoms with van der Waals surface area (Å²) < 4.78 is 12.8. The molecular weight excluding hydrogens is 129 g/mol. The normalized spacial score (nSPS) is 9.90. The quantitative estimate of drug-likeness (QED) is 0.628. The predicted molar refractivity (Wildman–Crippen MR) is 39.0 cm³/mol. The van der Waals surface area contributed by atoms with Crippen molar-refractivity contribution in [3.05, 3.63) is 35.1 Å². The minimum atomic E-state index is -0.206. The molecule has 0 saturated carbocycles. The van der Waals surface area contributed by atoms with Gasteiger partial charge in [-0.1, -0.05) is 12.1 Å². The van der Waals surface area contributed by atoms with E-state index in [1.165, 1.54) is 6.07 Å². The van der Waals surface area contributed by atoms with Crippen molar-refractivity contribution in [2.24, 2.45) is 5.73 Å². The molecule has 0 aliphatic carbocycles. The molecule has 0 atom stereocenters. The van der Waals surface area contributed by atoms with Crippen LogP contribution >= 0.6 is 0 Å². The van der Waals surface area contributed by atoms with Gasteiger partial charge in [0.2, 0.25) is 0 Å². The molecule has 1 rings (SSSR count). The van der Waals surface area contributed by atoms with E-state index in [2.05, 4.69) is 0 Å². The number of aryl methyl sites for hydroxylation is 1. The SMILES string of the molecule is Cc1cccc(F)c1CN. The fourth-order valence-corrected chi connectivity index (χ4v) is 0.925. The topological polar surface area (TPSA) is 26.0 Å². The second-order valence-corrected chi connectivity index (χ2v) is 2.24. The van der Waals surface area contributed by atoms with Gasteiger partial charge in [0.25, 0.3) is 0 Å². The lowest BCUT2D eigenvalue weighted by Gasteiger charge is -2.01. The van der Waals surface area contributed by atoms with Crippen LogP contribution in [0.1, 0.15) is 11.1 Å². The summed E-state index contributed by atoms with van der Waals surface area (Å²) >= 11 is 0. The van der Waals surface area contributed by atoms with Gasteiger partial charge >= 0.3 is 0 Å². The zero-order valence-electron chi connectivity index (χ0n) is 5.89. The highest BCUT2D eigenvalue weighted by Crippen LogP contribution is 2.10. The van der Waals surface area contributed by atoms with Crippen LogP contribution in [0.15, 0.2) is 18.2 Å². The third kappa shape index (κ3) is 1.16. The van der Waals surface area contributed by atoms with Gasteiger partial charge in [0.05, 0.1) is 0 Å². The largest absolute Gasteiger partial charge is 0.326 e. The Morgan fingerprint density at radius 1 is 1.50 bits per heavy atom. The second-order valence-electron chi connectivity index (χ2n) is 2.24. The van der Waals surface area contributed by atoms with Crippen LogP contribution in [-0.2, 0) is 6.54 Å². The first-order valence-electron chi connectivity index (χ1n) is 3.19. The van der Waals surface area contributed by atoms with Crippen molar-refractivity contribution in [3.8, 4) is 0 Å². The maximum Gasteiger partial charge on any atom is 0.127 e. The van der Waals surface area contributed by atoms with Crippen LogP contribution in [-0.4, -0.2) is 0 Å². The molecule has 0 radical (unpaired) electrons. The standard InChI is InChI=1S/C8H10FN/c1-6-3-2-4-8(9)7(6)5-10/h2-4H,5,10H2,1H3. The first-order valence-corrected chi connectivity index (χ1v) is 3.19. The highest BCUT2D eigenvalue weighted by Gasteiger charge is 2.00. The number of benzene rings is 1. The lowest BCUT2D eigenvalue weighted by molar-refractivity contribution is 0.608. The van der Waals surface area contributed by atoms with Gasteiger partial charge in [-0.15, -0.1) is 0 Å². The Morgan fingerprint density at radius 2 is 2.20 bits per heavy atom. The fraction of sp³-hybridized carbons (Fsp3) is 0.250. The minimum Gasteiger partial charge on any atom is -0.326 e. The van der Waals surface area contributed by atoms with E-state index in [9.17, 15) is 4.39 Å². The Balaban J connectivity index is 3.17. The molecule has 2 N–H and O–H groups in total. The number of hydrogen-bond acceptors (Lipinski definition) is 1. The third-order valence-corrected chi connectivity index (χ3v) is 1.56. The molecule has 0 aromatic heterocycles. The molecule has 1 aromatic rings. The van der Waals surface area contributed by atoms with Crippen molar-refractivity contribution in [2.75, 3.05) is 0 Å². The molecule has 0 amide bonds. The van der Waals surface area contributed by atoms with Crippen LogP contribution in [0.5, 0.6) is 0 Å². The second kappa shape index (κ2) is 2.80. The van der Waals surface area contributed by atoms with E-state index >= 15 is 0 Å². The molecule has 0 aliphatic heterocycles. The molecule has 1 aromatic carbocycles. The molecular formula is C8H10FN. The summed E-state index contributed by atoms with van der Waals surface area (Å²) in [6.45, 7) is 2.13. The van der Waals surface area contributed by atoms with E-state index in [-0.39, 0.29) is 12.4 Å². The van der Waals surface area contributed by atoms with E-state index in [4.69, 9.17) is 5.73 Å². The van der Waals surface area contributed by atoms with Gasteiger partial charge in [-0.25, -0.2) is 4.39 Å². The Morgan fingerprint density at radius 3 is 2.60 bits per heavy atom. The average Bonchev–Trinajstić information content (AvgIpc) is 1.88. The molecule has 2 heteroatoms. The predicted octanol–water partition coefficient (Wildman–Crippen LogP) is 1.59. The first-order chi connectivity index (χ1) is 4.75. The van der Waals surface area contributed by atoms with E-state index in [0.29, 0.717) is 5.56 Å². The van der Waals surface area contributed by atoms with Crippen molar-refractivity contribution in [1.29, 1.82) is 0 Å². The summed E-state index contributed by atoms with van der Waals surface area (Å²) in [6.07, 6.45) is 0. The number of nitrogens with two attached hydrogens (primary N) is 1. The highest BCUT2D eigenvalue weighted by molar-refractivity contribution is 5.26. The minimum absolute atomic E-state index is 0.206. The van der Waals surface area contributed by atoms with E-state index in [0.717, 1.165) is 5.56 Å². The fourth-order valence-electron chi connectivity index (χ4n) is 0.925. The van der Waals surface area contributed by atoms with Crippen molar-refractivity contribution in [3.63, 3.8) is 0 Å². The van der Waals surface area contributed by atoms with Crippen LogP contribution in [0.2, 0.25) is 0 Å². The third-order valence-electron chi connectivity index (χ3n) is 1.56. The maximum atomic E-state index is 12.8. The summed E-state index contributed by atoms with van der Waals surface area (Å²) in [5.41, 5.74) is 6.84. The van der Waals surface area contributed by atoms with Gasteiger partial charge in [-0.05, 0) is 18.6 Å². The molecule has 1 nitrogen and oxygen atoms in total. The molecule has 0 saturated heterocycles. The summed E-state index contributed by atoms with van der Waals surface area (Å²) in [4.78, 5) is 0. The zero-order chi connectivity index (χ0) is 7.56. The number of halogens is 1. The molecule has 0 fully saturated rings. The van der Waals surface area contributed by atoms with Crippen molar-refractivity contribution in [1.82, 2.24) is 0 Å². The van der Waals surface area contributed by atoms with Gasteiger partial charge < -0.3 is 5.73 Å². The monoisotopic (exact) mass is 139 g/mol. The summed E-state index contributed by atoms with van der Waals surface area (Å²) in [5.74, 6) is -0.206. The summed E-state index contributed by atoms with van der Waals surface area (Å²) in [6, 6.07) is 4.96.